The number of pyridine rings is 4. The lowest BCUT2D eigenvalue weighted by atomic mass is 9.93. The zero-order valence-electron chi connectivity index (χ0n) is 20.3. The Bertz CT molecular complexity index is 2180. The molecular weight excluding hydrogens is 464 g/mol. The first kappa shape index (κ1) is 20.9. The second kappa shape index (κ2) is 8.15. The number of hydrogen-bond donors (Lipinski definition) is 0. The van der Waals surface area contributed by atoms with Gasteiger partial charge in [0.1, 0.15) is 0 Å². The van der Waals surface area contributed by atoms with E-state index >= 15 is 0 Å². The van der Waals surface area contributed by atoms with Crippen LogP contribution in [0.15, 0.2) is 122 Å². The fourth-order valence-electron chi connectivity index (χ4n) is 5.63. The van der Waals surface area contributed by atoms with Crippen molar-refractivity contribution in [2.75, 3.05) is 0 Å². The van der Waals surface area contributed by atoms with E-state index in [4.69, 9.17) is 4.98 Å². The van der Waals surface area contributed by atoms with Gasteiger partial charge in [0.25, 0.3) is 0 Å². The second-order valence-electron chi connectivity index (χ2n) is 9.51. The lowest BCUT2D eigenvalue weighted by Crippen LogP contribution is -1.92. The Labute approximate surface area is 218 Å². The molecule has 0 fully saturated rings. The van der Waals surface area contributed by atoms with Crippen LogP contribution in [-0.4, -0.2) is 19.9 Å². The summed E-state index contributed by atoms with van der Waals surface area (Å²) in [5.41, 5.74) is 9.31. The molecule has 0 bridgehead atoms. The molecule has 4 nitrogen and oxygen atoms in total. The number of fused-ring (bicyclic) bond motifs is 7. The number of rotatable bonds is 2. The quantitative estimate of drug-likeness (QED) is 0.183. The van der Waals surface area contributed by atoms with Crippen molar-refractivity contribution in [1.29, 1.82) is 0 Å². The van der Waals surface area contributed by atoms with Crippen molar-refractivity contribution in [2.24, 2.45) is 0 Å². The molecule has 0 unspecified atom stereocenters. The monoisotopic (exact) mass is 484 g/mol. The molecule has 8 aromatic rings. The standard InChI is InChI=1S/C34H20N4/c1-2-8-29-27(7-1)30(28-16-14-24-6-4-19-36-32(24)34(28)38-29)22-11-9-21(10-12-22)25-17-20-37-33-26(25)15-13-23-5-3-18-35-31(23)33/h1-20H. The summed E-state index contributed by atoms with van der Waals surface area (Å²) in [6, 6.07) is 36.0. The third kappa shape index (κ3) is 3.10. The fourth-order valence-corrected chi connectivity index (χ4v) is 5.63. The summed E-state index contributed by atoms with van der Waals surface area (Å²) >= 11 is 0. The molecule has 0 aliphatic rings. The molecule has 4 aromatic heterocycles. The van der Waals surface area contributed by atoms with Crippen molar-refractivity contribution >= 4 is 54.5 Å². The third-order valence-corrected chi connectivity index (χ3v) is 7.39. The van der Waals surface area contributed by atoms with Crippen LogP contribution in [-0.2, 0) is 0 Å². The van der Waals surface area contributed by atoms with E-state index in [0.29, 0.717) is 0 Å². The lowest BCUT2D eigenvalue weighted by molar-refractivity contribution is 1.37. The maximum Gasteiger partial charge on any atom is 0.0978 e. The van der Waals surface area contributed by atoms with Crippen LogP contribution in [0.1, 0.15) is 0 Å². The SMILES string of the molecule is c1cnc2c(c1)ccc1c(-c3ccc(-c4c5ccccc5nc5c4ccc4cccnc45)cc3)ccnc12. The van der Waals surface area contributed by atoms with Crippen LogP contribution in [0.25, 0.3) is 76.8 Å². The number of benzene rings is 4. The number of para-hydroxylation sites is 1. The molecule has 4 heterocycles. The molecule has 0 saturated heterocycles. The largest absolute Gasteiger partial charge is 0.254 e. The van der Waals surface area contributed by atoms with E-state index in [2.05, 4.69) is 99.9 Å². The topological polar surface area (TPSA) is 51.6 Å². The van der Waals surface area contributed by atoms with Gasteiger partial charge in [0, 0.05) is 51.1 Å². The maximum absolute atomic E-state index is 5.04. The summed E-state index contributed by atoms with van der Waals surface area (Å²) in [6.07, 6.45) is 5.54. The smallest absolute Gasteiger partial charge is 0.0978 e. The molecule has 0 saturated carbocycles. The van der Waals surface area contributed by atoms with E-state index in [1.165, 1.54) is 5.56 Å². The summed E-state index contributed by atoms with van der Waals surface area (Å²) in [4.78, 5) is 19.0. The van der Waals surface area contributed by atoms with E-state index in [9.17, 15) is 0 Å². The summed E-state index contributed by atoms with van der Waals surface area (Å²) in [5.74, 6) is 0. The van der Waals surface area contributed by atoms with Crippen LogP contribution in [0.4, 0.5) is 0 Å². The van der Waals surface area contributed by atoms with E-state index in [1.54, 1.807) is 0 Å². The summed E-state index contributed by atoms with van der Waals surface area (Å²) in [5, 5.41) is 5.53. The summed E-state index contributed by atoms with van der Waals surface area (Å²) in [6.45, 7) is 0. The van der Waals surface area contributed by atoms with Gasteiger partial charge >= 0.3 is 0 Å². The molecule has 176 valence electrons. The van der Waals surface area contributed by atoms with Gasteiger partial charge in [-0.25, -0.2) is 4.98 Å². The van der Waals surface area contributed by atoms with Gasteiger partial charge in [-0.1, -0.05) is 78.9 Å². The minimum atomic E-state index is 0.926. The molecule has 0 aliphatic heterocycles. The van der Waals surface area contributed by atoms with Crippen molar-refractivity contribution in [2.45, 2.75) is 0 Å². The van der Waals surface area contributed by atoms with Crippen LogP contribution in [0.2, 0.25) is 0 Å². The highest BCUT2D eigenvalue weighted by atomic mass is 14.7. The van der Waals surface area contributed by atoms with Crippen LogP contribution in [0.5, 0.6) is 0 Å². The Morgan fingerprint density at radius 2 is 1.05 bits per heavy atom. The Morgan fingerprint density at radius 1 is 0.395 bits per heavy atom. The van der Waals surface area contributed by atoms with Gasteiger partial charge < -0.3 is 0 Å². The average Bonchev–Trinajstić information content (AvgIpc) is 2.99. The minimum Gasteiger partial charge on any atom is -0.254 e. The first-order valence-electron chi connectivity index (χ1n) is 12.6. The predicted molar refractivity (Wildman–Crippen MR) is 156 cm³/mol. The molecular formula is C34H20N4. The number of aromatic nitrogens is 4. The molecule has 0 aliphatic carbocycles. The van der Waals surface area contributed by atoms with Gasteiger partial charge in [-0.3, -0.25) is 15.0 Å². The molecule has 0 atom stereocenters. The lowest BCUT2D eigenvalue weighted by Gasteiger charge is -2.14. The van der Waals surface area contributed by atoms with E-state index in [0.717, 1.165) is 71.2 Å². The van der Waals surface area contributed by atoms with Crippen molar-refractivity contribution in [3.63, 3.8) is 0 Å². The minimum absolute atomic E-state index is 0.926. The predicted octanol–water partition coefficient (Wildman–Crippen LogP) is 8.37. The molecule has 0 spiro atoms. The fraction of sp³-hybridized carbons (Fsp3) is 0. The first-order valence-corrected chi connectivity index (χ1v) is 12.6. The Hall–Kier alpha value is -5.22. The maximum atomic E-state index is 5.04. The first-order chi connectivity index (χ1) is 18.8. The average molecular weight is 485 g/mol. The molecule has 0 N–H and O–H groups in total. The highest BCUT2D eigenvalue weighted by Crippen LogP contribution is 2.38. The highest BCUT2D eigenvalue weighted by Gasteiger charge is 2.15. The van der Waals surface area contributed by atoms with Crippen LogP contribution in [0, 0.1) is 0 Å². The van der Waals surface area contributed by atoms with E-state index in [1.807, 2.05) is 36.8 Å². The van der Waals surface area contributed by atoms with Gasteiger partial charge in [-0.15, -0.1) is 0 Å². The molecule has 4 heteroatoms. The third-order valence-electron chi connectivity index (χ3n) is 7.39. The van der Waals surface area contributed by atoms with Crippen LogP contribution < -0.4 is 0 Å². The van der Waals surface area contributed by atoms with Crippen molar-refractivity contribution in [3.05, 3.63) is 122 Å². The second-order valence-corrected chi connectivity index (χ2v) is 9.51. The normalized spacial score (nSPS) is 11.7. The van der Waals surface area contributed by atoms with Gasteiger partial charge in [-0.05, 0) is 41.0 Å². The van der Waals surface area contributed by atoms with E-state index in [-0.39, 0.29) is 0 Å². The van der Waals surface area contributed by atoms with Crippen molar-refractivity contribution in [3.8, 4) is 22.3 Å². The molecule has 0 radical (unpaired) electrons. The highest BCUT2D eigenvalue weighted by molar-refractivity contribution is 6.16. The summed E-state index contributed by atoms with van der Waals surface area (Å²) in [7, 11) is 0. The van der Waals surface area contributed by atoms with Gasteiger partial charge in [0.15, 0.2) is 0 Å². The van der Waals surface area contributed by atoms with E-state index < -0.39 is 0 Å². The van der Waals surface area contributed by atoms with Gasteiger partial charge in [0.05, 0.1) is 27.6 Å². The molecule has 4 aromatic carbocycles. The Kier molecular flexibility index (Phi) is 4.49. The number of hydrogen-bond acceptors (Lipinski definition) is 4. The molecule has 8 rings (SSSR count). The zero-order valence-corrected chi connectivity index (χ0v) is 20.3. The van der Waals surface area contributed by atoms with Crippen LogP contribution in [0.3, 0.4) is 0 Å². The van der Waals surface area contributed by atoms with Crippen LogP contribution >= 0.6 is 0 Å². The summed E-state index contributed by atoms with van der Waals surface area (Å²) < 4.78 is 0. The van der Waals surface area contributed by atoms with Crippen molar-refractivity contribution in [1.82, 2.24) is 19.9 Å². The Balaban J connectivity index is 1.35. The van der Waals surface area contributed by atoms with Gasteiger partial charge in [-0.2, -0.15) is 0 Å². The number of nitrogens with zero attached hydrogens (tertiary/aromatic N) is 4. The molecule has 0 amide bonds. The zero-order chi connectivity index (χ0) is 25.1. The van der Waals surface area contributed by atoms with Crippen molar-refractivity contribution < 1.29 is 0 Å². The molecule has 38 heavy (non-hydrogen) atoms. The van der Waals surface area contributed by atoms with Gasteiger partial charge in [0.2, 0.25) is 0 Å². The Morgan fingerprint density at radius 3 is 1.84 bits per heavy atom.